The smallest absolute Gasteiger partial charge is 0.125 e. The molecule has 0 heterocycles. The van der Waals surface area contributed by atoms with E-state index < -0.39 is 8.24 Å². The molecular weight excluding hydrogens is 150 g/mol. The standard InChI is InChI=1S/C9H21NSi/c1-7-8-10-11(5,6)9(2,3)4/h7,10H,1,8H2,2-6H3. The first-order chi connectivity index (χ1) is 4.81. The minimum atomic E-state index is -1.25. The Labute approximate surface area is 72.0 Å². The maximum absolute atomic E-state index is 3.71. The molecule has 0 aliphatic rings. The summed E-state index contributed by atoms with van der Waals surface area (Å²) in [5.41, 5.74) is 0. The van der Waals surface area contributed by atoms with Crippen molar-refractivity contribution in [1.29, 1.82) is 0 Å². The predicted octanol–water partition coefficient (Wildman–Crippen LogP) is 2.77. The van der Waals surface area contributed by atoms with Crippen molar-refractivity contribution in [2.45, 2.75) is 38.9 Å². The van der Waals surface area contributed by atoms with Crippen LogP contribution in [0.1, 0.15) is 20.8 Å². The Bertz CT molecular complexity index is 133. The molecule has 2 heteroatoms. The highest BCUT2D eigenvalue weighted by molar-refractivity contribution is 6.77. The van der Waals surface area contributed by atoms with Crippen molar-refractivity contribution in [2.24, 2.45) is 0 Å². The van der Waals surface area contributed by atoms with Crippen LogP contribution in [0.25, 0.3) is 0 Å². The van der Waals surface area contributed by atoms with Gasteiger partial charge in [-0.05, 0) is 5.04 Å². The quantitative estimate of drug-likeness (QED) is 0.508. The van der Waals surface area contributed by atoms with E-state index in [2.05, 4.69) is 45.4 Å². The SMILES string of the molecule is C=CCN[Si](C)(C)C(C)(C)C. The highest BCUT2D eigenvalue weighted by Gasteiger charge is 2.34. The molecule has 0 aromatic heterocycles. The third kappa shape index (κ3) is 3.21. The highest BCUT2D eigenvalue weighted by atomic mass is 28.3. The van der Waals surface area contributed by atoms with Gasteiger partial charge < -0.3 is 4.98 Å². The molecule has 1 N–H and O–H groups in total. The zero-order valence-corrected chi connectivity index (χ0v) is 9.49. The maximum atomic E-state index is 3.71. The third-order valence-electron chi connectivity index (χ3n) is 2.56. The van der Waals surface area contributed by atoms with Gasteiger partial charge in [-0.1, -0.05) is 39.9 Å². The van der Waals surface area contributed by atoms with Crippen LogP contribution in [-0.4, -0.2) is 14.8 Å². The molecule has 66 valence electrons. The van der Waals surface area contributed by atoms with Crippen LogP contribution in [0.2, 0.25) is 18.1 Å². The summed E-state index contributed by atoms with van der Waals surface area (Å²) in [6.45, 7) is 16.3. The average molecular weight is 171 g/mol. The highest BCUT2D eigenvalue weighted by Crippen LogP contribution is 2.33. The molecule has 11 heavy (non-hydrogen) atoms. The van der Waals surface area contributed by atoms with Crippen molar-refractivity contribution in [3.63, 3.8) is 0 Å². The number of nitrogens with one attached hydrogen (secondary N) is 1. The zero-order chi connectivity index (χ0) is 9.12. The van der Waals surface area contributed by atoms with Crippen LogP contribution in [-0.2, 0) is 0 Å². The molecule has 0 aliphatic heterocycles. The second-order valence-electron chi connectivity index (χ2n) is 4.54. The van der Waals surface area contributed by atoms with E-state index in [0.717, 1.165) is 6.54 Å². The zero-order valence-electron chi connectivity index (χ0n) is 8.49. The molecule has 0 aromatic carbocycles. The Morgan fingerprint density at radius 2 is 1.82 bits per heavy atom. The molecule has 0 saturated carbocycles. The first-order valence-corrected chi connectivity index (χ1v) is 7.17. The van der Waals surface area contributed by atoms with Crippen molar-refractivity contribution >= 4 is 8.24 Å². The van der Waals surface area contributed by atoms with E-state index in [9.17, 15) is 0 Å². The summed E-state index contributed by atoms with van der Waals surface area (Å²) in [5, 5.41) is 0.427. The van der Waals surface area contributed by atoms with Gasteiger partial charge in [-0.3, -0.25) is 0 Å². The molecule has 0 saturated heterocycles. The van der Waals surface area contributed by atoms with Crippen LogP contribution in [0.5, 0.6) is 0 Å². The van der Waals surface area contributed by atoms with Gasteiger partial charge in [0.2, 0.25) is 0 Å². The largest absolute Gasteiger partial charge is 0.334 e. The summed E-state index contributed by atoms with van der Waals surface area (Å²) in [4.78, 5) is 3.57. The summed E-state index contributed by atoms with van der Waals surface area (Å²) in [6.07, 6.45) is 1.93. The van der Waals surface area contributed by atoms with Gasteiger partial charge in [-0.2, -0.15) is 0 Å². The first kappa shape index (κ1) is 10.9. The molecular formula is C9H21NSi. The van der Waals surface area contributed by atoms with Crippen LogP contribution < -0.4 is 4.98 Å². The van der Waals surface area contributed by atoms with Crippen molar-refractivity contribution in [1.82, 2.24) is 4.98 Å². The van der Waals surface area contributed by atoms with Crippen LogP contribution in [0.15, 0.2) is 12.7 Å². The molecule has 0 aliphatic carbocycles. The average Bonchev–Trinajstić information content (AvgIpc) is 1.81. The van der Waals surface area contributed by atoms with Crippen LogP contribution in [0, 0.1) is 0 Å². The third-order valence-corrected chi connectivity index (χ3v) is 7.40. The Morgan fingerprint density at radius 1 is 1.36 bits per heavy atom. The minimum Gasteiger partial charge on any atom is -0.334 e. The Balaban J connectivity index is 4.10. The number of rotatable bonds is 3. The summed E-state index contributed by atoms with van der Waals surface area (Å²) < 4.78 is 0. The van der Waals surface area contributed by atoms with Crippen LogP contribution in [0.3, 0.4) is 0 Å². The molecule has 0 spiro atoms. The molecule has 1 nitrogen and oxygen atoms in total. The fraction of sp³-hybridized carbons (Fsp3) is 0.778. The lowest BCUT2D eigenvalue weighted by Gasteiger charge is -2.37. The lowest BCUT2D eigenvalue weighted by molar-refractivity contribution is 0.695. The van der Waals surface area contributed by atoms with E-state index in [-0.39, 0.29) is 0 Å². The van der Waals surface area contributed by atoms with Crippen LogP contribution >= 0.6 is 0 Å². The fourth-order valence-electron chi connectivity index (χ4n) is 0.592. The van der Waals surface area contributed by atoms with Gasteiger partial charge in [-0.15, -0.1) is 6.58 Å². The Morgan fingerprint density at radius 3 is 2.09 bits per heavy atom. The minimum absolute atomic E-state index is 0.427. The van der Waals surface area contributed by atoms with Gasteiger partial charge in [0.25, 0.3) is 0 Å². The first-order valence-electron chi connectivity index (χ1n) is 4.17. The van der Waals surface area contributed by atoms with Gasteiger partial charge in [0, 0.05) is 6.54 Å². The lowest BCUT2D eigenvalue weighted by atomic mass is 10.2. The molecule has 0 radical (unpaired) electrons. The summed E-state index contributed by atoms with van der Waals surface area (Å²) in [6, 6.07) is 0. The Kier molecular flexibility index (Phi) is 3.52. The maximum Gasteiger partial charge on any atom is 0.125 e. The van der Waals surface area contributed by atoms with Crippen molar-refractivity contribution in [2.75, 3.05) is 6.54 Å². The molecule has 0 bridgehead atoms. The van der Waals surface area contributed by atoms with Gasteiger partial charge >= 0.3 is 0 Å². The van der Waals surface area contributed by atoms with E-state index in [0.29, 0.717) is 5.04 Å². The Hall–Kier alpha value is -0.0831. The monoisotopic (exact) mass is 171 g/mol. The second-order valence-corrected chi connectivity index (χ2v) is 9.65. The molecule has 0 atom stereocenters. The number of hydrogen-bond acceptors (Lipinski definition) is 1. The van der Waals surface area contributed by atoms with Gasteiger partial charge in [-0.25, -0.2) is 0 Å². The normalized spacial score (nSPS) is 13.2. The van der Waals surface area contributed by atoms with Gasteiger partial charge in [0.05, 0.1) is 0 Å². The van der Waals surface area contributed by atoms with E-state index >= 15 is 0 Å². The topological polar surface area (TPSA) is 12.0 Å². The van der Waals surface area contributed by atoms with Gasteiger partial charge in [0.1, 0.15) is 8.24 Å². The molecule has 0 rings (SSSR count). The van der Waals surface area contributed by atoms with Gasteiger partial charge in [0.15, 0.2) is 0 Å². The van der Waals surface area contributed by atoms with E-state index in [1.807, 2.05) is 6.08 Å². The number of hydrogen-bond donors (Lipinski definition) is 1. The molecule has 0 amide bonds. The lowest BCUT2D eigenvalue weighted by Crippen LogP contribution is -2.51. The molecule has 0 fully saturated rings. The summed E-state index contributed by atoms with van der Waals surface area (Å²) in [7, 11) is -1.25. The van der Waals surface area contributed by atoms with Crippen LogP contribution in [0.4, 0.5) is 0 Å². The van der Waals surface area contributed by atoms with E-state index in [1.54, 1.807) is 0 Å². The summed E-state index contributed by atoms with van der Waals surface area (Å²) >= 11 is 0. The van der Waals surface area contributed by atoms with E-state index in [4.69, 9.17) is 0 Å². The summed E-state index contributed by atoms with van der Waals surface area (Å²) in [5.74, 6) is 0. The molecule has 0 unspecified atom stereocenters. The van der Waals surface area contributed by atoms with Crippen molar-refractivity contribution in [3.8, 4) is 0 Å². The predicted molar refractivity (Wildman–Crippen MR) is 55.4 cm³/mol. The molecule has 0 aromatic rings. The van der Waals surface area contributed by atoms with E-state index in [1.165, 1.54) is 0 Å². The fourth-order valence-corrected chi connectivity index (χ4v) is 1.78. The second kappa shape index (κ2) is 3.54. The van der Waals surface area contributed by atoms with Crippen molar-refractivity contribution < 1.29 is 0 Å². The van der Waals surface area contributed by atoms with Crippen molar-refractivity contribution in [3.05, 3.63) is 12.7 Å².